The van der Waals surface area contributed by atoms with Gasteiger partial charge in [0.1, 0.15) is 6.04 Å². The third kappa shape index (κ3) is 2.24. The minimum atomic E-state index is -0.846. The number of carbonyl (C=O) groups is 2. The van der Waals surface area contributed by atoms with Gasteiger partial charge in [-0.3, -0.25) is 4.79 Å². The lowest BCUT2D eigenvalue weighted by Gasteiger charge is -2.34. The number of rotatable bonds is 2. The number of carboxylic acid groups (broad SMARTS) is 1. The highest BCUT2D eigenvalue weighted by Crippen LogP contribution is 2.41. The molecule has 1 N–H and O–H groups in total. The summed E-state index contributed by atoms with van der Waals surface area (Å²) >= 11 is 0. The quantitative estimate of drug-likeness (QED) is 0.818. The molecular formula is C14H21NO4. The van der Waals surface area contributed by atoms with Gasteiger partial charge < -0.3 is 14.7 Å². The summed E-state index contributed by atoms with van der Waals surface area (Å²) in [6, 6.07) is -0.454. The van der Waals surface area contributed by atoms with Crippen molar-refractivity contribution in [1.29, 1.82) is 0 Å². The average molecular weight is 267 g/mol. The van der Waals surface area contributed by atoms with Gasteiger partial charge in [-0.15, -0.1) is 0 Å². The molecule has 1 amide bonds. The van der Waals surface area contributed by atoms with E-state index in [4.69, 9.17) is 4.74 Å². The number of amides is 1. The van der Waals surface area contributed by atoms with Crippen LogP contribution < -0.4 is 0 Å². The molecule has 3 fully saturated rings. The summed E-state index contributed by atoms with van der Waals surface area (Å²) in [5, 5.41) is 9.40. The van der Waals surface area contributed by atoms with Crippen molar-refractivity contribution in [3.8, 4) is 0 Å². The van der Waals surface area contributed by atoms with Gasteiger partial charge in [0.2, 0.25) is 5.91 Å². The highest BCUT2D eigenvalue weighted by molar-refractivity contribution is 5.86. The van der Waals surface area contributed by atoms with E-state index in [9.17, 15) is 14.7 Å². The van der Waals surface area contributed by atoms with Crippen molar-refractivity contribution in [1.82, 2.24) is 4.90 Å². The van der Waals surface area contributed by atoms with E-state index in [1.54, 1.807) is 4.90 Å². The topological polar surface area (TPSA) is 66.8 Å². The third-order valence-corrected chi connectivity index (χ3v) is 4.91. The largest absolute Gasteiger partial charge is 0.480 e. The van der Waals surface area contributed by atoms with Crippen LogP contribution in [0.2, 0.25) is 0 Å². The van der Waals surface area contributed by atoms with Crippen LogP contribution in [0.5, 0.6) is 0 Å². The Kier molecular flexibility index (Phi) is 3.48. The van der Waals surface area contributed by atoms with Crippen LogP contribution in [-0.2, 0) is 14.3 Å². The number of likely N-dealkylation sites (tertiary alicyclic amines) is 1. The van der Waals surface area contributed by atoms with Crippen LogP contribution >= 0.6 is 0 Å². The zero-order valence-electron chi connectivity index (χ0n) is 11.1. The van der Waals surface area contributed by atoms with Crippen molar-refractivity contribution in [3.63, 3.8) is 0 Å². The average Bonchev–Trinajstić information content (AvgIpc) is 3.05. The molecule has 1 aliphatic carbocycles. The van der Waals surface area contributed by atoms with Gasteiger partial charge in [-0.2, -0.15) is 0 Å². The minimum absolute atomic E-state index is 0.0132. The highest BCUT2D eigenvalue weighted by Gasteiger charge is 2.49. The molecule has 0 aromatic heterocycles. The molecule has 2 aliphatic heterocycles. The summed E-state index contributed by atoms with van der Waals surface area (Å²) in [7, 11) is 0. The van der Waals surface area contributed by atoms with Crippen LogP contribution in [0.15, 0.2) is 0 Å². The van der Waals surface area contributed by atoms with Crippen molar-refractivity contribution >= 4 is 11.9 Å². The number of carboxylic acids is 1. The van der Waals surface area contributed by atoms with Gasteiger partial charge in [0, 0.05) is 12.6 Å². The standard InChI is InChI=1S/C14H21NO4/c16-13(10-5-6-19-8-10)15-11-4-2-1-3-9(11)7-12(15)14(17)18/h9-12H,1-8H2,(H,17,18). The molecule has 2 saturated heterocycles. The maximum atomic E-state index is 12.6. The Hall–Kier alpha value is -1.10. The Morgan fingerprint density at radius 3 is 2.63 bits per heavy atom. The third-order valence-electron chi connectivity index (χ3n) is 4.91. The SMILES string of the molecule is O=C(O)C1CC2CCCCC2N1C(=O)C1CCOC1. The molecule has 0 aromatic rings. The smallest absolute Gasteiger partial charge is 0.326 e. The fraction of sp³-hybridized carbons (Fsp3) is 0.857. The van der Waals surface area contributed by atoms with E-state index in [2.05, 4.69) is 0 Å². The van der Waals surface area contributed by atoms with Crippen molar-refractivity contribution in [2.75, 3.05) is 13.2 Å². The van der Waals surface area contributed by atoms with E-state index in [1.807, 2.05) is 0 Å². The molecule has 4 unspecified atom stereocenters. The van der Waals surface area contributed by atoms with Crippen LogP contribution in [-0.4, -0.2) is 47.2 Å². The lowest BCUT2D eigenvalue weighted by atomic mass is 9.84. The first-order chi connectivity index (χ1) is 9.18. The van der Waals surface area contributed by atoms with E-state index in [1.165, 1.54) is 6.42 Å². The summed E-state index contributed by atoms with van der Waals surface area (Å²) in [5.41, 5.74) is 0. The number of carbonyl (C=O) groups excluding carboxylic acids is 1. The Balaban J connectivity index is 1.81. The Bertz CT molecular complexity index is 378. The summed E-state index contributed by atoms with van der Waals surface area (Å²) in [4.78, 5) is 25.7. The molecule has 1 saturated carbocycles. The van der Waals surface area contributed by atoms with Gasteiger partial charge in [0.25, 0.3) is 0 Å². The van der Waals surface area contributed by atoms with Gasteiger partial charge >= 0.3 is 5.97 Å². The first kappa shape index (κ1) is 12.9. The summed E-state index contributed by atoms with van der Waals surface area (Å²) < 4.78 is 5.27. The Morgan fingerprint density at radius 2 is 1.95 bits per heavy atom. The number of ether oxygens (including phenoxy) is 1. The monoisotopic (exact) mass is 267 g/mol. The predicted molar refractivity (Wildman–Crippen MR) is 67.6 cm³/mol. The predicted octanol–water partition coefficient (Wildman–Crippen LogP) is 1.27. The van der Waals surface area contributed by atoms with Crippen molar-refractivity contribution in [2.45, 2.75) is 50.6 Å². The molecule has 4 atom stereocenters. The molecule has 0 aromatic carbocycles. The number of aliphatic carboxylic acids is 1. The van der Waals surface area contributed by atoms with E-state index in [-0.39, 0.29) is 17.9 Å². The molecule has 0 radical (unpaired) electrons. The first-order valence-corrected chi connectivity index (χ1v) is 7.31. The molecule has 0 bridgehead atoms. The summed E-state index contributed by atoms with van der Waals surface area (Å²) in [6.45, 7) is 1.08. The van der Waals surface area contributed by atoms with E-state index in [0.29, 0.717) is 25.6 Å². The second-order valence-electron chi connectivity index (χ2n) is 6.01. The zero-order chi connectivity index (χ0) is 13.4. The lowest BCUT2D eigenvalue weighted by Crippen LogP contribution is -2.48. The normalized spacial score (nSPS) is 38.2. The van der Waals surface area contributed by atoms with E-state index < -0.39 is 12.0 Å². The molecule has 0 spiro atoms. The Morgan fingerprint density at radius 1 is 1.16 bits per heavy atom. The molecule has 3 aliphatic rings. The molecule has 5 heteroatoms. The number of nitrogens with zero attached hydrogens (tertiary/aromatic N) is 1. The van der Waals surface area contributed by atoms with Crippen molar-refractivity contribution in [2.24, 2.45) is 11.8 Å². The molecule has 2 heterocycles. The van der Waals surface area contributed by atoms with Gasteiger partial charge in [-0.05, 0) is 31.6 Å². The summed E-state index contributed by atoms with van der Waals surface area (Å²) in [6.07, 6.45) is 5.69. The fourth-order valence-corrected chi connectivity index (χ4v) is 3.94. The van der Waals surface area contributed by atoms with Gasteiger partial charge in [0.15, 0.2) is 0 Å². The van der Waals surface area contributed by atoms with Crippen LogP contribution in [0.3, 0.4) is 0 Å². The second-order valence-corrected chi connectivity index (χ2v) is 6.01. The van der Waals surface area contributed by atoms with Gasteiger partial charge in [-0.1, -0.05) is 12.8 Å². The number of hydrogen-bond acceptors (Lipinski definition) is 3. The van der Waals surface area contributed by atoms with Crippen LogP contribution in [0.1, 0.15) is 38.5 Å². The van der Waals surface area contributed by atoms with Crippen LogP contribution in [0.4, 0.5) is 0 Å². The molecule has 3 rings (SSSR count). The van der Waals surface area contributed by atoms with Gasteiger partial charge in [0.05, 0.1) is 12.5 Å². The summed E-state index contributed by atoms with van der Waals surface area (Å²) in [5.74, 6) is -0.565. The second kappa shape index (κ2) is 5.12. The first-order valence-electron chi connectivity index (χ1n) is 7.31. The van der Waals surface area contributed by atoms with Crippen molar-refractivity contribution in [3.05, 3.63) is 0 Å². The molecule has 19 heavy (non-hydrogen) atoms. The maximum absolute atomic E-state index is 12.6. The number of hydrogen-bond donors (Lipinski definition) is 1. The Labute approximate surface area is 112 Å². The van der Waals surface area contributed by atoms with Crippen LogP contribution in [0, 0.1) is 11.8 Å². The maximum Gasteiger partial charge on any atom is 0.326 e. The van der Waals surface area contributed by atoms with E-state index in [0.717, 1.165) is 25.7 Å². The minimum Gasteiger partial charge on any atom is -0.480 e. The highest BCUT2D eigenvalue weighted by atomic mass is 16.5. The molecule has 5 nitrogen and oxygen atoms in total. The van der Waals surface area contributed by atoms with Crippen molar-refractivity contribution < 1.29 is 19.4 Å². The van der Waals surface area contributed by atoms with Crippen LogP contribution in [0.25, 0.3) is 0 Å². The number of fused-ring (bicyclic) bond motifs is 1. The van der Waals surface area contributed by atoms with Gasteiger partial charge in [-0.25, -0.2) is 4.79 Å². The lowest BCUT2D eigenvalue weighted by molar-refractivity contribution is -0.151. The fourth-order valence-electron chi connectivity index (χ4n) is 3.94. The zero-order valence-corrected chi connectivity index (χ0v) is 11.1. The van der Waals surface area contributed by atoms with E-state index >= 15 is 0 Å². The molecule has 106 valence electrons. The molecular weight excluding hydrogens is 246 g/mol.